The summed E-state index contributed by atoms with van der Waals surface area (Å²) in [6.45, 7) is 0. The average Bonchev–Trinajstić information content (AvgIpc) is 1.62. The first-order valence-electron chi connectivity index (χ1n) is 1.75. The molecule has 0 nitrogen and oxygen atoms in total. The first-order valence-corrected chi connectivity index (χ1v) is 4.92. The Morgan fingerprint density at radius 2 is 1.75 bits per heavy atom. The summed E-state index contributed by atoms with van der Waals surface area (Å²) in [6, 6.07) is 0. The van der Waals surface area contributed by atoms with Crippen molar-refractivity contribution in [3.8, 4) is 0 Å². The highest BCUT2D eigenvalue weighted by molar-refractivity contribution is 9.12. The Labute approximate surface area is 80.1 Å². The maximum absolute atomic E-state index is 5.44. The second kappa shape index (κ2) is 3.87. The van der Waals surface area contributed by atoms with Gasteiger partial charge in [-0.1, -0.05) is 66.7 Å². The minimum atomic E-state index is -1.20. The Morgan fingerprint density at radius 3 is 1.75 bits per heavy atom. The average molecular weight is 305 g/mol. The van der Waals surface area contributed by atoms with Crippen molar-refractivity contribution >= 4 is 66.7 Å². The highest BCUT2D eigenvalue weighted by Gasteiger charge is 2.28. The van der Waals surface area contributed by atoms with E-state index in [9.17, 15) is 0 Å². The molecule has 8 heavy (non-hydrogen) atoms. The van der Waals surface area contributed by atoms with Gasteiger partial charge in [-0.3, -0.25) is 0 Å². The first-order chi connectivity index (χ1) is 3.48. The molecule has 0 N–H and O–H groups in total. The second-order valence-corrected chi connectivity index (χ2v) is 5.29. The van der Waals surface area contributed by atoms with Crippen molar-refractivity contribution in [2.45, 2.75) is 8.62 Å². The van der Waals surface area contributed by atoms with Crippen molar-refractivity contribution in [1.82, 2.24) is 0 Å². The van der Waals surface area contributed by atoms with Gasteiger partial charge < -0.3 is 0 Å². The molecule has 0 aromatic carbocycles. The predicted molar refractivity (Wildman–Crippen MR) is 46.8 cm³/mol. The molecule has 0 aliphatic heterocycles. The van der Waals surface area contributed by atoms with E-state index < -0.39 is 3.79 Å². The van der Waals surface area contributed by atoms with Crippen LogP contribution in [0, 0.1) is 0 Å². The number of hydrogen-bond acceptors (Lipinski definition) is 0. The maximum Gasteiger partial charge on any atom is 0.203 e. The lowest BCUT2D eigenvalue weighted by Gasteiger charge is -2.14. The standard InChI is InChI=1S/C3H3Br2Cl3/c4-1-2(5)3(6,7)8/h2H,1H2. The van der Waals surface area contributed by atoms with Gasteiger partial charge in [0.05, 0.1) is 4.83 Å². The maximum atomic E-state index is 5.44. The summed E-state index contributed by atoms with van der Waals surface area (Å²) in [5.74, 6) is 0. The van der Waals surface area contributed by atoms with Crippen LogP contribution < -0.4 is 0 Å². The Bertz CT molecular complexity index is 69.4. The fraction of sp³-hybridized carbons (Fsp3) is 1.00. The van der Waals surface area contributed by atoms with Gasteiger partial charge in [-0.25, -0.2) is 0 Å². The highest BCUT2D eigenvalue weighted by atomic mass is 79.9. The quantitative estimate of drug-likeness (QED) is 0.650. The molecule has 50 valence electrons. The lowest BCUT2D eigenvalue weighted by atomic mass is 10.6. The molecule has 0 aromatic rings. The molecule has 0 aliphatic carbocycles. The molecular formula is C3H3Br2Cl3. The van der Waals surface area contributed by atoms with E-state index in [0.29, 0.717) is 5.33 Å². The van der Waals surface area contributed by atoms with E-state index in [0.717, 1.165) is 0 Å². The lowest BCUT2D eigenvalue weighted by molar-refractivity contribution is 1.04. The predicted octanol–water partition coefficient (Wildman–Crippen LogP) is 3.52. The molecule has 1 atom stereocenters. The van der Waals surface area contributed by atoms with Crippen LogP contribution in [0.25, 0.3) is 0 Å². The van der Waals surface area contributed by atoms with Gasteiger partial charge in [0.15, 0.2) is 0 Å². The molecule has 0 aliphatic rings. The summed E-state index contributed by atoms with van der Waals surface area (Å²) in [5.41, 5.74) is 0. The van der Waals surface area contributed by atoms with E-state index in [1.54, 1.807) is 0 Å². The summed E-state index contributed by atoms with van der Waals surface area (Å²) in [7, 11) is 0. The molecule has 0 fully saturated rings. The SMILES string of the molecule is ClC(Cl)(Cl)C(Br)CBr. The summed E-state index contributed by atoms with van der Waals surface area (Å²) in [6.07, 6.45) is 0. The van der Waals surface area contributed by atoms with Gasteiger partial charge in [0.1, 0.15) is 0 Å². The number of alkyl halides is 5. The van der Waals surface area contributed by atoms with E-state index in [-0.39, 0.29) is 4.83 Å². The Balaban J connectivity index is 3.62. The fourth-order valence-electron chi connectivity index (χ4n) is 0.0875. The Morgan fingerprint density at radius 1 is 1.38 bits per heavy atom. The van der Waals surface area contributed by atoms with Crippen LogP contribution in [0.3, 0.4) is 0 Å². The topological polar surface area (TPSA) is 0 Å². The van der Waals surface area contributed by atoms with Crippen LogP contribution in [0.1, 0.15) is 0 Å². The molecule has 0 saturated carbocycles. The molecule has 0 bridgehead atoms. The summed E-state index contributed by atoms with van der Waals surface area (Å²) < 4.78 is -1.20. The largest absolute Gasteiger partial charge is 0.203 e. The molecule has 0 heterocycles. The molecule has 0 spiro atoms. The van der Waals surface area contributed by atoms with Gasteiger partial charge >= 0.3 is 0 Å². The molecule has 0 rings (SSSR count). The molecule has 5 heteroatoms. The second-order valence-electron chi connectivity index (χ2n) is 1.16. The van der Waals surface area contributed by atoms with Gasteiger partial charge in [0, 0.05) is 5.33 Å². The van der Waals surface area contributed by atoms with Crippen molar-refractivity contribution in [2.75, 3.05) is 5.33 Å². The number of rotatable bonds is 1. The van der Waals surface area contributed by atoms with E-state index in [2.05, 4.69) is 31.9 Å². The van der Waals surface area contributed by atoms with Crippen molar-refractivity contribution < 1.29 is 0 Å². The summed E-state index contributed by atoms with van der Waals surface area (Å²) >= 11 is 22.6. The molecule has 0 saturated heterocycles. The van der Waals surface area contributed by atoms with Gasteiger partial charge in [-0.05, 0) is 0 Å². The third kappa shape index (κ3) is 3.78. The summed E-state index contributed by atoms with van der Waals surface area (Å²) in [4.78, 5) is -0.125. The van der Waals surface area contributed by atoms with Crippen molar-refractivity contribution in [3.05, 3.63) is 0 Å². The fourth-order valence-corrected chi connectivity index (χ4v) is 1.36. The molecule has 0 aromatic heterocycles. The Hall–Kier alpha value is 1.83. The van der Waals surface area contributed by atoms with Crippen LogP contribution in [0.4, 0.5) is 0 Å². The smallest absolute Gasteiger partial charge is 0.0914 e. The van der Waals surface area contributed by atoms with E-state index in [4.69, 9.17) is 34.8 Å². The zero-order valence-corrected chi connectivity index (χ0v) is 9.11. The van der Waals surface area contributed by atoms with E-state index in [1.165, 1.54) is 0 Å². The van der Waals surface area contributed by atoms with Crippen molar-refractivity contribution in [1.29, 1.82) is 0 Å². The van der Waals surface area contributed by atoms with Crippen molar-refractivity contribution in [3.63, 3.8) is 0 Å². The third-order valence-corrected chi connectivity index (χ3v) is 4.60. The Kier molecular flexibility index (Phi) is 4.75. The number of hydrogen-bond donors (Lipinski definition) is 0. The van der Waals surface area contributed by atoms with Crippen LogP contribution in [-0.4, -0.2) is 13.9 Å². The van der Waals surface area contributed by atoms with Crippen LogP contribution in [0.5, 0.6) is 0 Å². The zero-order chi connectivity index (χ0) is 6.78. The van der Waals surface area contributed by atoms with Gasteiger partial charge in [-0.2, -0.15) is 0 Å². The van der Waals surface area contributed by atoms with Crippen LogP contribution in [0.2, 0.25) is 0 Å². The number of halogens is 5. The molecular weight excluding hydrogens is 302 g/mol. The highest BCUT2D eigenvalue weighted by Crippen LogP contribution is 2.35. The molecule has 1 unspecified atom stereocenters. The van der Waals surface area contributed by atoms with Crippen LogP contribution in [-0.2, 0) is 0 Å². The molecule has 0 amide bonds. The molecule has 0 radical (unpaired) electrons. The van der Waals surface area contributed by atoms with Gasteiger partial charge in [0.25, 0.3) is 0 Å². The summed E-state index contributed by atoms with van der Waals surface area (Å²) in [5, 5.41) is 0.628. The minimum Gasteiger partial charge on any atom is -0.0914 e. The van der Waals surface area contributed by atoms with Crippen LogP contribution >= 0.6 is 66.7 Å². The normalized spacial score (nSPS) is 16.1. The van der Waals surface area contributed by atoms with E-state index >= 15 is 0 Å². The van der Waals surface area contributed by atoms with Crippen molar-refractivity contribution in [2.24, 2.45) is 0 Å². The van der Waals surface area contributed by atoms with E-state index in [1.807, 2.05) is 0 Å². The first kappa shape index (κ1) is 9.83. The van der Waals surface area contributed by atoms with Gasteiger partial charge in [-0.15, -0.1) is 0 Å². The third-order valence-electron chi connectivity index (χ3n) is 0.491. The monoisotopic (exact) mass is 302 g/mol. The van der Waals surface area contributed by atoms with Gasteiger partial charge in [0.2, 0.25) is 3.79 Å². The minimum absolute atomic E-state index is 0.125. The van der Waals surface area contributed by atoms with Crippen LogP contribution in [0.15, 0.2) is 0 Å². The lowest BCUT2D eigenvalue weighted by Crippen LogP contribution is -2.19. The zero-order valence-electron chi connectivity index (χ0n) is 3.67.